The standard InChI is InChI=1S/C12H14N2O3S.C12H16N2O3S.2C10H12N2O3S.C10H11NO2S2.C9H11N3O2S/c1-3-16-9-4-7(2)18-10(9)11-13-12(17-14-11)8-5-15-6-8;1-3-16-9-7-8(2)18-11(9)12-13-10(17-14-12)5-4-6-15;1-4-14-7-5-6(2)16-8(7)9-11-10(13-3)15-12-9;1-3-14-7-4-6(2)16-9(7)10-11-8(5-13)15-12-10;1-3-12-8-4-6(2)15-10(8)7-5-9(14)13-11-7;1-3-13-6-4-5(2)15-7(6)8-11-9(10)14-12-8/h4,8H,3,5-6H2,1-2H3;7,15H,3-6H2,1-2H3;5H,4H2,1-3H3;4,13H,3,5H2,1-2H3;4H,3,5H2,1-2H3;4H,3H2,1-2H3,(H2,10,11,12). The molecule has 0 amide bonds. The van der Waals surface area contributed by atoms with Gasteiger partial charge in [-0.05, 0) is 138 Å². The second-order valence-corrected chi connectivity index (χ2v) is 28.3. The van der Waals surface area contributed by atoms with E-state index in [2.05, 4.69) is 55.9 Å². The molecule has 1 saturated heterocycles. The minimum atomic E-state index is -0.249. The average molecular weight is 1480 g/mol. The number of thiocarbonyl (C=S) groups is 1. The average Bonchev–Trinajstić information content (AvgIpc) is 1.73. The SMILES string of the molecule is CCOc1cc(C)sc1-c1noc(C2COC2)n1.CCOc1cc(C)sc1-c1noc(CCCO)n1.CCOc1cc(C)sc1-c1noc(CO)n1.CCOc1cc(C)sc1-c1noc(N)n1.CCOc1cc(C)sc1-c1noc(OC)n1.CCOc1cc(C)sc1C1=NOC(=S)C1. The molecule has 28 nitrogen and oxygen atoms in total. The molecule has 13 heterocycles. The zero-order valence-corrected chi connectivity index (χ0v) is 61.9. The van der Waals surface area contributed by atoms with E-state index in [1.54, 1.807) is 56.7 Å². The molecule has 0 atom stereocenters. The van der Waals surface area contributed by atoms with E-state index in [0.29, 0.717) is 118 Å². The van der Waals surface area contributed by atoms with Gasteiger partial charge < -0.3 is 76.8 Å². The number of aryl methyl sites for hydroxylation is 7. The number of thiophene rings is 6. The van der Waals surface area contributed by atoms with E-state index < -0.39 is 0 Å². The van der Waals surface area contributed by atoms with Crippen molar-refractivity contribution < 1.29 is 75.6 Å². The van der Waals surface area contributed by atoms with Crippen molar-refractivity contribution in [3.8, 4) is 94.1 Å². The van der Waals surface area contributed by atoms with Gasteiger partial charge in [0.1, 0.15) is 71.2 Å². The summed E-state index contributed by atoms with van der Waals surface area (Å²) in [6.45, 7) is 28.7. The van der Waals surface area contributed by atoms with Gasteiger partial charge in [0.25, 0.3) is 5.89 Å². The highest BCUT2D eigenvalue weighted by Gasteiger charge is 2.29. The van der Waals surface area contributed by atoms with Crippen molar-refractivity contribution in [2.75, 3.05) is 72.3 Å². The molecule has 11 aromatic rings. The van der Waals surface area contributed by atoms with Crippen molar-refractivity contribution >= 4 is 97.0 Å². The fraction of sp³-hybridized carbons (Fsp3) is 0.429. The Kier molecular flexibility index (Phi) is 29.0. The van der Waals surface area contributed by atoms with E-state index in [9.17, 15) is 0 Å². The molecule has 0 bridgehead atoms. The highest BCUT2D eigenvalue weighted by atomic mass is 32.1. The molecule has 0 spiro atoms. The van der Waals surface area contributed by atoms with Crippen LogP contribution in [0.3, 0.4) is 0 Å². The largest absolute Gasteiger partial charge is 0.492 e. The first-order valence-electron chi connectivity index (χ1n) is 30.8. The number of hydrogen-bond acceptors (Lipinski definition) is 35. The van der Waals surface area contributed by atoms with E-state index >= 15 is 0 Å². The van der Waals surface area contributed by atoms with Crippen molar-refractivity contribution in [2.24, 2.45) is 5.16 Å². The molecule has 1 fully saturated rings. The lowest BCUT2D eigenvalue weighted by atomic mass is 10.1. The number of aromatic nitrogens is 10. The summed E-state index contributed by atoms with van der Waals surface area (Å²) in [4.78, 5) is 38.1. The van der Waals surface area contributed by atoms with Crippen LogP contribution in [0, 0.1) is 41.5 Å². The van der Waals surface area contributed by atoms with Crippen LogP contribution in [0.5, 0.6) is 40.6 Å². The Morgan fingerprint density at radius 1 is 0.480 bits per heavy atom. The molecular weight excluding hydrogens is 1410 g/mol. The lowest BCUT2D eigenvalue weighted by Crippen LogP contribution is -2.25. The van der Waals surface area contributed by atoms with E-state index in [-0.39, 0.29) is 37.1 Å². The van der Waals surface area contributed by atoms with E-state index in [1.807, 2.05) is 119 Å². The second kappa shape index (κ2) is 37.6. The van der Waals surface area contributed by atoms with Gasteiger partial charge in [0.15, 0.2) is 0 Å². The number of aliphatic hydroxyl groups is 2. The van der Waals surface area contributed by atoms with E-state index in [0.717, 1.165) is 89.0 Å². The van der Waals surface area contributed by atoms with Gasteiger partial charge in [-0.3, -0.25) is 4.52 Å². The van der Waals surface area contributed by atoms with E-state index in [4.69, 9.17) is 93.5 Å². The number of hydrogen-bond donors (Lipinski definition) is 3. The molecule has 35 heteroatoms. The first-order chi connectivity index (χ1) is 47.4. The van der Waals surface area contributed by atoms with Gasteiger partial charge in [0, 0.05) is 42.3 Å². The Hall–Kier alpha value is -8.26. The summed E-state index contributed by atoms with van der Waals surface area (Å²) < 4.78 is 68.0. The monoisotopic (exact) mass is 1480 g/mol. The highest BCUT2D eigenvalue weighted by Crippen LogP contribution is 2.42. The molecule has 0 aliphatic carbocycles. The summed E-state index contributed by atoms with van der Waals surface area (Å²) in [7, 11) is 1.49. The maximum atomic E-state index is 8.85. The number of oxime groups is 1. The normalized spacial score (nSPS) is 12.2. The first-order valence-corrected chi connectivity index (χ1v) is 36.2. The van der Waals surface area contributed by atoms with Crippen LogP contribution in [0.2, 0.25) is 0 Å². The molecule has 2 aliphatic heterocycles. The van der Waals surface area contributed by atoms with Crippen molar-refractivity contribution in [3.63, 3.8) is 0 Å². The Morgan fingerprint density at radius 3 is 1.19 bits per heavy atom. The molecule has 0 aromatic carbocycles. The summed E-state index contributed by atoms with van der Waals surface area (Å²) in [6, 6.07) is 11.9. The van der Waals surface area contributed by atoms with Gasteiger partial charge in [0.05, 0.1) is 77.2 Å². The summed E-state index contributed by atoms with van der Waals surface area (Å²) in [5, 5.41) is 41.5. The topological polar surface area (TPSA) is 357 Å². The lowest BCUT2D eigenvalue weighted by Gasteiger charge is -2.21. The third-order valence-corrected chi connectivity index (χ3v) is 19.1. The number of nitrogens with two attached hydrogens (primary N) is 1. The van der Waals surface area contributed by atoms with Crippen LogP contribution in [0.4, 0.5) is 6.01 Å². The lowest BCUT2D eigenvalue weighted by molar-refractivity contribution is -0.00446. The summed E-state index contributed by atoms with van der Waals surface area (Å²) >= 11 is 14.5. The number of methoxy groups -OCH3 is 1. The fourth-order valence-corrected chi connectivity index (χ4v) is 14.1. The number of nitrogen functional groups attached to an aromatic ring is 1. The van der Waals surface area contributed by atoms with Crippen LogP contribution in [-0.2, 0) is 22.6 Å². The molecular formula is C63H76N12O16S7. The molecule has 11 aromatic heterocycles. The van der Waals surface area contributed by atoms with Gasteiger partial charge in [-0.25, -0.2) is 0 Å². The van der Waals surface area contributed by atoms with Crippen molar-refractivity contribution in [1.82, 2.24) is 50.7 Å². The second-order valence-electron chi connectivity index (χ2n) is 20.3. The molecule has 4 N–H and O–H groups in total. The maximum Gasteiger partial charge on any atom is 0.417 e. The predicted molar refractivity (Wildman–Crippen MR) is 379 cm³/mol. The number of rotatable bonds is 24. The van der Waals surface area contributed by atoms with Gasteiger partial charge >= 0.3 is 12.1 Å². The van der Waals surface area contributed by atoms with Crippen LogP contribution >= 0.6 is 80.2 Å². The zero-order valence-electron chi connectivity index (χ0n) is 56.2. The summed E-state index contributed by atoms with van der Waals surface area (Å²) in [5.41, 5.74) is 6.25. The molecule has 0 radical (unpaired) electrons. The third-order valence-electron chi connectivity index (χ3n) is 12.6. The minimum absolute atomic E-state index is 0.0681. The Morgan fingerprint density at radius 2 is 0.847 bits per heavy atom. The van der Waals surface area contributed by atoms with Crippen molar-refractivity contribution in [1.29, 1.82) is 0 Å². The molecule has 2 aliphatic rings. The quantitative estimate of drug-likeness (QED) is 0.0473. The Balaban J connectivity index is 0.000000150. The highest BCUT2D eigenvalue weighted by molar-refractivity contribution is 7.80. The number of anilines is 1. The van der Waals surface area contributed by atoms with Crippen molar-refractivity contribution in [3.05, 3.63) is 88.2 Å². The molecule has 98 heavy (non-hydrogen) atoms. The molecule has 0 saturated carbocycles. The van der Waals surface area contributed by atoms with Gasteiger partial charge in [-0.2, -0.15) is 24.9 Å². The first kappa shape index (κ1) is 75.5. The van der Waals surface area contributed by atoms with E-state index in [1.165, 1.54) is 28.2 Å². The van der Waals surface area contributed by atoms with Crippen molar-refractivity contribution in [2.45, 2.75) is 115 Å². The van der Waals surface area contributed by atoms with Crippen LogP contribution in [-0.4, -0.2) is 138 Å². The Labute approximate surface area is 594 Å². The zero-order chi connectivity index (χ0) is 70.3. The Bertz CT molecular complexity index is 4190. The number of ether oxygens (including phenoxy) is 8. The summed E-state index contributed by atoms with van der Waals surface area (Å²) in [6.07, 6.45) is 1.99. The van der Waals surface area contributed by atoms with Gasteiger partial charge in [0.2, 0.25) is 46.0 Å². The predicted octanol–water partition coefficient (Wildman–Crippen LogP) is 14.6. The summed E-state index contributed by atoms with van der Waals surface area (Å²) in [5.74, 6) is 9.12. The number of nitrogens with zero attached hydrogens (tertiary/aromatic N) is 11. The van der Waals surface area contributed by atoms with Crippen LogP contribution in [0.25, 0.3) is 53.5 Å². The third kappa shape index (κ3) is 20.9. The maximum absolute atomic E-state index is 8.85. The van der Waals surface area contributed by atoms with Gasteiger partial charge in [-0.1, -0.05) is 30.9 Å². The fourth-order valence-electron chi connectivity index (χ4n) is 8.60. The molecule has 526 valence electrons. The number of aliphatic hydroxyl groups excluding tert-OH is 2. The molecule has 13 rings (SSSR count). The minimum Gasteiger partial charge on any atom is -0.492 e. The van der Waals surface area contributed by atoms with Crippen LogP contribution in [0.15, 0.2) is 64.2 Å². The van der Waals surface area contributed by atoms with Crippen LogP contribution in [0.1, 0.15) is 112 Å². The molecule has 0 unspecified atom stereocenters. The van der Waals surface area contributed by atoms with Crippen LogP contribution < -0.4 is 38.9 Å². The smallest absolute Gasteiger partial charge is 0.417 e. The van der Waals surface area contributed by atoms with Gasteiger partial charge in [-0.15, -0.1) is 68.0 Å².